The van der Waals surface area contributed by atoms with E-state index in [0.29, 0.717) is 0 Å². The molecule has 2 N–H and O–H groups in total. The lowest BCUT2D eigenvalue weighted by molar-refractivity contribution is -0.384. The van der Waals surface area contributed by atoms with E-state index in [1.807, 2.05) is 0 Å². The van der Waals surface area contributed by atoms with Crippen LogP contribution in [0, 0.1) is 10.1 Å². The maximum absolute atomic E-state index is 11.0. The average Bonchev–Trinajstić information content (AvgIpc) is 2.45. The van der Waals surface area contributed by atoms with Crippen LogP contribution in [0.5, 0.6) is 5.75 Å². The fourth-order valence-corrected chi connectivity index (χ4v) is 1.62. The molecule has 0 aliphatic carbocycles. The summed E-state index contributed by atoms with van der Waals surface area (Å²) in [6.45, 7) is 0. The lowest BCUT2D eigenvalue weighted by Crippen LogP contribution is -1.96. The molecule has 0 saturated carbocycles. The molecule has 0 saturated heterocycles. The monoisotopic (exact) mass is 287 g/mol. The Morgan fingerprint density at radius 2 is 1.81 bits per heavy atom. The van der Waals surface area contributed by atoms with E-state index in [1.165, 1.54) is 42.5 Å². The number of aromatic carboxylic acids is 1. The second kappa shape index (κ2) is 5.78. The molecule has 8 nitrogen and oxygen atoms in total. The Morgan fingerprint density at radius 1 is 1.10 bits per heavy atom. The lowest BCUT2D eigenvalue weighted by Gasteiger charge is -2.02. The number of phenols is 1. The van der Waals surface area contributed by atoms with Crippen molar-refractivity contribution in [3.63, 3.8) is 0 Å². The van der Waals surface area contributed by atoms with E-state index in [-0.39, 0.29) is 28.4 Å². The van der Waals surface area contributed by atoms with Gasteiger partial charge < -0.3 is 10.2 Å². The van der Waals surface area contributed by atoms with Crippen molar-refractivity contribution in [2.45, 2.75) is 0 Å². The molecule has 8 heteroatoms. The van der Waals surface area contributed by atoms with E-state index in [9.17, 15) is 20.0 Å². The van der Waals surface area contributed by atoms with Gasteiger partial charge in [0.2, 0.25) is 0 Å². The maximum Gasteiger partial charge on any atom is 0.338 e. The summed E-state index contributed by atoms with van der Waals surface area (Å²) in [4.78, 5) is 21.2. The average molecular weight is 287 g/mol. The zero-order valence-electron chi connectivity index (χ0n) is 10.5. The number of nitrogens with zero attached hydrogens (tertiary/aromatic N) is 3. The molecule has 21 heavy (non-hydrogen) atoms. The van der Waals surface area contributed by atoms with Crippen molar-refractivity contribution in [2.75, 3.05) is 0 Å². The number of rotatable bonds is 4. The Balaban J connectivity index is 2.48. The summed E-state index contributed by atoms with van der Waals surface area (Å²) < 4.78 is 0. The zero-order chi connectivity index (χ0) is 15.4. The first-order valence-electron chi connectivity index (χ1n) is 5.71. The van der Waals surface area contributed by atoms with Gasteiger partial charge in [0.05, 0.1) is 10.5 Å². The van der Waals surface area contributed by atoms with Gasteiger partial charge in [0.15, 0.2) is 5.69 Å². The van der Waals surface area contributed by atoms with Crippen LogP contribution in [0.3, 0.4) is 0 Å². The first-order chi connectivity index (χ1) is 10.0. The number of azo groups is 1. The highest BCUT2D eigenvalue weighted by atomic mass is 16.6. The van der Waals surface area contributed by atoms with E-state index in [0.717, 1.165) is 0 Å². The fraction of sp³-hybridized carbons (Fsp3) is 0. The molecule has 0 atom stereocenters. The second-order valence-corrected chi connectivity index (χ2v) is 3.92. The highest BCUT2D eigenvalue weighted by molar-refractivity contribution is 5.94. The summed E-state index contributed by atoms with van der Waals surface area (Å²) in [7, 11) is 0. The number of nitro groups is 1. The van der Waals surface area contributed by atoms with Gasteiger partial charge in [-0.2, -0.15) is 0 Å². The third kappa shape index (κ3) is 3.00. The van der Waals surface area contributed by atoms with Gasteiger partial charge >= 0.3 is 5.97 Å². The molecular weight excluding hydrogens is 278 g/mol. The number of hydrogen-bond acceptors (Lipinski definition) is 6. The molecule has 2 rings (SSSR count). The molecule has 0 aliphatic heterocycles. The summed E-state index contributed by atoms with van der Waals surface area (Å²) in [5.74, 6) is -1.67. The van der Waals surface area contributed by atoms with Crippen LogP contribution >= 0.6 is 0 Å². The molecule has 0 unspecified atom stereocenters. The van der Waals surface area contributed by atoms with Crippen LogP contribution in [0.2, 0.25) is 0 Å². The topological polar surface area (TPSA) is 125 Å². The predicted octanol–water partition coefficient (Wildman–Crippen LogP) is 3.41. The number of phenolic OH excluding ortho intramolecular Hbond substituents is 1. The maximum atomic E-state index is 11.0. The van der Waals surface area contributed by atoms with E-state index in [2.05, 4.69) is 10.2 Å². The first kappa shape index (κ1) is 14.1. The van der Waals surface area contributed by atoms with Crippen molar-refractivity contribution >= 4 is 23.0 Å². The second-order valence-electron chi connectivity index (χ2n) is 3.92. The van der Waals surface area contributed by atoms with E-state index >= 15 is 0 Å². The van der Waals surface area contributed by atoms with Crippen LogP contribution in [0.25, 0.3) is 0 Å². The van der Waals surface area contributed by atoms with Crippen LogP contribution < -0.4 is 0 Å². The number of para-hydroxylation sites is 1. The number of hydrogen-bond donors (Lipinski definition) is 2. The zero-order valence-corrected chi connectivity index (χ0v) is 10.5. The number of nitro benzene ring substituents is 1. The Labute approximate surface area is 118 Å². The van der Waals surface area contributed by atoms with Crippen molar-refractivity contribution in [2.24, 2.45) is 10.2 Å². The summed E-state index contributed by atoms with van der Waals surface area (Å²) in [5.41, 5.74) is -0.823. The normalized spacial score (nSPS) is 10.7. The molecule has 0 fully saturated rings. The van der Waals surface area contributed by atoms with Gasteiger partial charge in [0, 0.05) is 6.07 Å². The SMILES string of the molecule is O=C(O)c1cccc(O)c1N=Nc1ccccc1[N+](=O)[O-]. The molecule has 0 bridgehead atoms. The highest BCUT2D eigenvalue weighted by Crippen LogP contribution is 2.34. The highest BCUT2D eigenvalue weighted by Gasteiger charge is 2.15. The largest absolute Gasteiger partial charge is 0.506 e. The lowest BCUT2D eigenvalue weighted by atomic mass is 10.1. The predicted molar refractivity (Wildman–Crippen MR) is 72.3 cm³/mol. The Hall–Kier alpha value is -3.29. The van der Waals surface area contributed by atoms with Crippen LogP contribution in [0.15, 0.2) is 52.7 Å². The minimum atomic E-state index is -1.29. The summed E-state index contributed by atoms with van der Waals surface area (Å²) in [6, 6.07) is 9.46. The minimum Gasteiger partial charge on any atom is -0.506 e. The Kier molecular flexibility index (Phi) is 3.89. The van der Waals surface area contributed by atoms with Gasteiger partial charge in [0.25, 0.3) is 5.69 Å². The number of aromatic hydroxyl groups is 1. The van der Waals surface area contributed by atoms with Crippen molar-refractivity contribution in [1.82, 2.24) is 0 Å². The molecule has 0 radical (unpaired) electrons. The van der Waals surface area contributed by atoms with Crippen molar-refractivity contribution < 1.29 is 19.9 Å². The van der Waals surface area contributed by atoms with Gasteiger partial charge in [-0.15, -0.1) is 10.2 Å². The minimum absolute atomic E-state index is 0.0397. The van der Waals surface area contributed by atoms with Crippen molar-refractivity contribution in [3.8, 4) is 5.75 Å². The van der Waals surface area contributed by atoms with Crippen LogP contribution in [0.4, 0.5) is 17.1 Å². The molecule has 0 aromatic heterocycles. The third-order valence-electron chi connectivity index (χ3n) is 2.58. The first-order valence-corrected chi connectivity index (χ1v) is 5.71. The van der Waals surface area contributed by atoms with E-state index < -0.39 is 10.9 Å². The molecule has 106 valence electrons. The molecule has 0 heterocycles. The molecule has 0 spiro atoms. The number of carboxylic acids is 1. The van der Waals surface area contributed by atoms with Gasteiger partial charge in [-0.25, -0.2) is 4.79 Å². The molecule has 0 aliphatic rings. The molecule has 0 amide bonds. The number of carbonyl (C=O) groups is 1. The summed E-state index contributed by atoms with van der Waals surface area (Å²) in [5, 5.41) is 36.8. The van der Waals surface area contributed by atoms with Gasteiger partial charge in [-0.3, -0.25) is 10.1 Å². The Morgan fingerprint density at radius 3 is 2.48 bits per heavy atom. The summed E-state index contributed by atoms with van der Waals surface area (Å²) in [6.07, 6.45) is 0. The van der Waals surface area contributed by atoms with Gasteiger partial charge in [0.1, 0.15) is 11.4 Å². The number of carboxylic acid groups (broad SMARTS) is 1. The standard InChI is InChI=1S/C13H9N3O5/c17-11-7-3-4-8(13(18)19)12(11)15-14-9-5-1-2-6-10(9)16(20)21/h1-7,17H,(H,18,19). The Bertz CT molecular complexity index is 742. The van der Waals surface area contributed by atoms with E-state index in [4.69, 9.17) is 5.11 Å². The van der Waals surface area contributed by atoms with Crippen molar-refractivity contribution in [3.05, 3.63) is 58.1 Å². The molecule has 2 aromatic carbocycles. The van der Waals surface area contributed by atoms with Crippen LogP contribution in [0.1, 0.15) is 10.4 Å². The quantitative estimate of drug-likeness (QED) is 0.506. The summed E-state index contributed by atoms with van der Waals surface area (Å²) >= 11 is 0. The van der Waals surface area contributed by atoms with Crippen LogP contribution in [-0.4, -0.2) is 21.1 Å². The molecule has 2 aromatic rings. The smallest absolute Gasteiger partial charge is 0.338 e. The number of benzene rings is 2. The fourth-order valence-electron chi connectivity index (χ4n) is 1.62. The van der Waals surface area contributed by atoms with Crippen LogP contribution in [-0.2, 0) is 0 Å². The third-order valence-corrected chi connectivity index (χ3v) is 2.58. The van der Waals surface area contributed by atoms with Gasteiger partial charge in [-0.05, 0) is 18.2 Å². The van der Waals surface area contributed by atoms with E-state index in [1.54, 1.807) is 0 Å². The van der Waals surface area contributed by atoms with Crippen molar-refractivity contribution in [1.29, 1.82) is 0 Å². The molecular formula is C13H9N3O5. The van der Waals surface area contributed by atoms with Gasteiger partial charge in [-0.1, -0.05) is 18.2 Å².